The molecule has 0 atom stereocenters. The molecule has 18 valence electrons. The molecule has 0 N–H and O–H groups in total. The van der Waals surface area contributed by atoms with Crippen molar-refractivity contribution in [2.75, 3.05) is 0 Å². The van der Waals surface area contributed by atoms with Crippen LogP contribution in [0.15, 0.2) is 0 Å². The smallest absolute Gasteiger partial charge is 0.381 e. The van der Waals surface area contributed by atoms with Gasteiger partial charge in [0.15, 0.2) is 0 Å². The molecule has 0 saturated carbocycles. The maximum atomic E-state index is 0. The Bertz CT molecular complexity index is 3.25. The van der Waals surface area contributed by atoms with Crippen molar-refractivity contribution in [3.63, 3.8) is 0 Å². The summed E-state index contributed by atoms with van der Waals surface area (Å²) in [4.78, 5) is 0. The zero-order valence-electron chi connectivity index (χ0n) is 3.58. The van der Waals surface area contributed by atoms with E-state index in [2.05, 4.69) is 0 Å². The first kappa shape index (κ1) is 124. The van der Waals surface area contributed by atoms with Crippen LogP contribution >= 0.6 is 0 Å². The number of hydrogen-bond acceptors (Lipinski definition) is 0. The van der Waals surface area contributed by atoms with Gasteiger partial charge in [0.25, 0.3) is 0 Å². The largest absolute Gasteiger partial charge is 3.00 e. The van der Waals surface area contributed by atoms with Crippen LogP contribution in [0.1, 0.15) is 0 Å². The summed E-state index contributed by atoms with van der Waals surface area (Å²) in [5, 5.41) is 0. The fourth-order valence-electron chi connectivity index (χ4n) is 0. The summed E-state index contributed by atoms with van der Waals surface area (Å²) in [6.45, 7) is 0. The van der Waals surface area contributed by atoms with Crippen LogP contribution in [-0.4, -0.2) is 42.6 Å². The third-order valence-corrected chi connectivity index (χ3v) is 0. The zero-order chi connectivity index (χ0) is 0. The fraction of sp³-hybridized carbons (Fsp3) is 0. The molecule has 0 aromatic heterocycles. The molecule has 0 amide bonds. The summed E-state index contributed by atoms with van der Waals surface area (Å²) in [6, 6.07) is 0. The maximum Gasteiger partial charge on any atom is 3.00 e. The van der Waals surface area contributed by atoms with Crippen molar-refractivity contribution < 1.29 is 0 Å². The molecule has 0 aliphatic heterocycles. The van der Waals surface area contributed by atoms with Crippen LogP contribution in [0.5, 0.6) is 0 Å². The standard InChI is InChI=1S/Al.3BH2/h;3*1H2/q+3;3*-1. The second-order valence-corrected chi connectivity index (χ2v) is 0. The SMILES string of the molecule is [Al+3].[BH2-].[BH2-].[BH2-]. The van der Waals surface area contributed by atoms with Crippen LogP contribution in [0.3, 0.4) is 0 Å². The van der Waals surface area contributed by atoms with Crippen LogP contribution in [0.2, 0.25) is 0 Å². The zero-order valence-corrected chi connectivity index (χ0v) is 4.73. The molecule has 0 saturated heterocycles. The summed E-state index contributed by atoms with van der Waals surface area (Å²) in [5.74, 6) is 0. The van der Waals surface area contributed by atoms with E-state index in [0.717, 1.165) is 0 Å². The molecule has 4 heteroatoms. The van der Waals surface area contributed by atoms with Gasteiger partial charge in [0.2, 0.25) is 0 Å². The van der Waals surface area contributed by atoms with Crippen molar-refractivity contribution in [1.82, 2.24) is 0 Å². The van der Waals surface area contributed by atoms with Crippen molar-refractivity contribution >= 4 is 42.6 Å². The Morgan fingerprint density at radius 2 is 0.500 bits per heavy atom. The average Bonchev–Trinajstić information content (AvgIpc) is 0. The van der Waals surface area contributed by atoms with Gasteiger partial charge in [-0.2, -0.15) is 0 Å². The van der Waals surface area contributed by atoms with E-state index >= 15 is 0 Å². The Morgan fingerprint density at radius 1 is 0.500 bits per heavy atom. The van der Waals surface area contributed by atoms with Gasteiger partial charge in [0, 0.05) is 0 Å². The van der Waals surface area contributed by atoms with Crippen LogP contribution in [0.4, 0.5) is 0 Å². The molecular weight excluding hydrogens is 59.4 g/mol. The summed E-state index contributed by atoms with van der Waals surface area (Å²) >= 11 is 0. The van der Waals surface area contributed by atoms with Crippen LogP contribution < -0.4 is 0 Å². The van der Waals surface area contributed by atoms with Crippen LogP contribution in [-0.2, 0) is 0 Å². The molecule has 0 fully saturated rings. The third kappa shape index (κ3) is 15.4. The predicted molar refractivity (Wildman–Crippen MR) is 31.4 cm³/mol. The van der Waals surface area contributed by atoms with Crippen LogP contribution in [0, 0.1) is 0 Å². The molecule has 0 aromatic carbocycles. The van der Waals surface area contributed by atoms with Gasteiger partial charge in [-0.1, -0.05) is 0 Å². The summed E-state index contributed by atoms with van der Waals surface area (Å²) in [5.41, 5.74) is 0. The third-order valence-electron chi connectivity index (χ3n) is 0. The van der Waals surface area contributed by atoms with E-state index in [9.17, 15) is 0 Å². The van der Waals surface area contributed by atoms with E-state index in [1.165, 1.54) is 0 Å². The second-order valence-electron chi connectivity index (χ2n) is 0. The monoisotopic (exact) mass is 66.1 g/mol. The van der Waals surface area contributed by atoms with Gasteiger partial charge in [-0.25, -0.2) is 0 Å². The Hall–Kier alpha value is 0.727. The van der Waals surface area contributed by atoms with E-state index in [1.807, 2.05) is 0 Å². The minimum absolute atomic E-state index is 0. The van der Waals surface area contributed by atoms with Gasteiger partial charge >= 0.3 is 17.4 Å². The van der Waals surface area contributed by atoms with E-state index in [4.69, 9.17) is 0 Å². The first-order valence-corrected chi connectivity index (χ1v) is 0. The topological polar surface area (TPSA) is 0 Å². The molecule has 0 unspecified atom stereocenters. The Labute approximate surface area is 43.2 Å². The Kier molecular flexibility index (Phi) is 1630. The summed E-state index contributed by atoms with van der Waals surface area (Å²) in [6.07, 6.45) is 0. The summed E-state index contributed by atoms with van der Waals surface area (Å²) < 4.78 is 0. The fourth-order valence-corrected chi connectivity index (χ4v) is 0. The first-order valence-electron chi connectivity index (χ1n) is 0. The molecular formula is H6AlB3. The van der Waals surface area contributed by atoms with E-state index in [1.54, 1.807) is 0 Å². The van der Waals surface area contributed by atoms with Crippen molar-refractivity contribution in [2.24, 2.45) is 0 Å². The molecule has 0 heterocycles. The quantitative estimate of drug-likeness (QED) is 0.262. The maximum absolute atomic E-state index is 0. The van der Waals surface area contributed by atoms with E-state index in [0.29, 0.717) is 0 Å². The van der Waals surface area contributed by atoms with Crippen LogP contribution in [0.25, 0.3) is 0 Å². The molecule has 0 aromatic rings. The minimum atomic E-state index is 0. The Balaban J connectivity index is 0. The van der Waals surface area contributed by atoms with Crippen molar-refractivity contribution in [1.29, 1.82) is 0 Å². The average molecular weight is 65.5 g/mol. The first-order chi connectivity index (χ1) is 0. The molecule has 0 bridgehead atoms. The van der Waals surface area contributed by atoms with Gasteiger partial charge < -0.3 is 25.2 Å². The molecule has 0 nitrogen and oxygen atoms in total. The summed E-state index contributed by atoms with van der Waals surface area (Å²) in [7, 11) is 0. The van der Waals surface area contributed by atoms with Gasteiger partial charge in [0.05, 0.1) is 0 Å². The van der Waals surface area contributed by atoms with Gasteiger partial charge in [-0.15, -0.1) is 0 Å². The predicted octanol–water partition coefficient (Wildman–Crippen LogP) is -3.13. The molecule has 0 spiro atoms. The van der Waals surface area contributed by atoms with Crippen molar-refractivity contribution in [3.05, 3.63) is 0 Å². The molecule has 6 radical (unpaired) electrons. The second kappa shape index (κ2) is 52.4. The van der Waals surface area contributed by atoms with Crippen molar-refractivity contribution in [3.8, 4) is 0 Å². The number of rotatable bonds is 0. The number of hydrogen-bond donors (Lipinski definition) is 0. The van der Waals surface area contributed by atoms with Crippen molar-refractivity contribution in [2.45, 2.75) is 0 Å². The minimum Gasteiger partial charge on any atom is -0.381 e. The Morgan fingerprint density at radius 3 is 0.500 bits per heavy atom. The normalized spacial score (nSPS) is 0. The van der Waals surface area contributed by atoms with E-state index < -0.39 is 0 Å². The van der Waals surface area contributed by atoms with E-state index in [-0.39, 0.29) is 42.6 Å². The molecule has 0 aliphatic carbocycles. The molecule has 0 aliphatic rings. The molecule has 4 heavy (non-hydrogen) atoms. The molecule has 0 rings (SSSR count). The van der Waals surface area contributed by atoms with Gasteiger partial charge in [-0.3, -0.25) is 0 Å². The van der Waals surface area contributed by atoms with Gasteiger partial charge in [-0.05, 0) is 0 Å². The van der Waals surface area contributed by atoms with Gasteiger partial charge in [0.1, 0.15) is 0 Å².